The van der Waals surface area contributed by atoms with Crippen LogP contribution in [-0.4, -0.2) is 36.4 Å². The molecule has 0 aliphatic heterocycles. The van der Waals surface area contributed by atoms with Crippen LogP contribution >= 0.6 is 0 Å². The highest BCUT2D eigenvalue weighted by molar-refractivity contribution is 5.55. The first-order valence-electron chi connectivity index (χ1n) is 5.20. The molecule has 0 fully saturated rings. The number of non-ortho nitro benzene ring substituents is 1. The Balaban J connectivity index is 2.81. The van der Waals surface area contributed by atoms with E-state index >= 15 is 0 Å². The van der Waals surface area contributed by atoms with Crippen molar-refractivity contribution in [2.45, 2.75) is 13.0 Å². The van der Waals surface area contributed by atoms with Crippen molar-refractivity contribution >= 4 is 11.4 Å². The fourth-order valence-electron chi connectivity index (χ4n) is 1.48. The molecule has 2 N–H and O–H groups in total. The van der Waals surface area contributed by atoms with Crippen molar-refractivity contribution in [2.75, 3.05) is 25.6 Å². The summed E-state index contributed by atoms with van der Waals surface area (Å²) in [4.78, 5) is 10.1. The van der Waals surface area contributed by atoms with Crippen molar-refractivity contribution in [1.29, 1.82) is 0 Å². The number of nitro benzene ring substituents is 1. The Labute approximate surface area is 99.4 Å². The van der Waals surface area contributed by atoms with Crippen LogP contribution in [0, 0.1) is 17.0 Å². The van der Waals surface area contributed by atoms with Crippen LogP contribution in [0.5, 0.6) is 0 Å². The number of nitro groups is 1. The molecular formula is C11H16N2O4. The summed E-state index contributed by atoms with van der Waals surface area (Å²) in [6.45, 7) is 2.08. The second kappa shape index (κ2) is 6.17. The summed E-state index contributed by atoms with van der Waals surface area (Å²) in [5.74, 6) is 0. The number of methoxy groups -OCH3 is 1. The van der Waals surface area contributed by atoms with E-state index < -0.39 is 4.92 Å². The average Bonchev–Trinajstić information content (AvgIpc) is 2.30. The van der Waals surface area contributed by atoms with Crippen molar-refractivity contribution in [3.63, 3.8) is 0 Å². The Morgan fingerprint density at radius 2 is 2.29 bits per heavy atom. The zero-order valence-corrected chi connectivity index (χ0v) is 9.84. The van der Waals surface area contributed by atoms with Gasteiger partial charge in [0.25, 0.3) is 5.69 Å². The van der Waals surface area contributed by atoms with E-state index in [-0.39, 0.29) is 18.3 Å². The molecule has 0 saturated heterocycles. The Morgan fingerprint density at radius 1 is 1.59 bits per heavy atom. The lowest BCUT2D eigenvalue weighted by atomic mass is 10.1. The summed E-state index contributed by atoms with van der Waals surface area (Å²) < 4.78 is 4.94. The van der Waals surface area contributed by atoms with E-state index in [0.717, 1.165) is 11.3 Å². The molecule has 1 rings (SSSR count). The minimum Gasteiger partial charge on any atom is -0.394 e. The van der Waals surface area contributed by atoms with Gasteiger partial charge in [0.05, 0.1) is 24.2 Å². The van der Waals surface area contributed by atoms with Crippen molar-refractivity contribution in [2.24, 2.45) is 0 Å². The number of anilines is 1. The van der Waals surface area contributed by atoms with Crippen LogP contribution in [0.25, 0.3) is 0 Å². The molecule has 1 aromatic carbocycles. The monoisotopic (exact) mass is 240 g/mol. The molecule has 1 atom stereocenters. The molecule has 0 heterocycles. The second-order valence-electron chi connectivity index (χ2n) is 3.74. The Hall–Kier alpha value is -1.66. The maximum atomic E-state index is 10.6. The van der Waals surface area contributed by atoms with Gasteiger partial charge in [-0.15, -0.1) is 0 Å². The molecule has 0 aromatic heterocycles. The average molecular weight is 240 g/mol. The summed E-state index contributed by atoms with van der Waals surface area (Å²) in [7, 11) is 1.55. The number of aliphatic hydroxyl groups is 1. The normalized spacial score (nSPS) is 12.2. The van der Waals surface area contributed by atoms with Crippen LogP contribution in [0.1, 0.15) is 5.56 Å². The van der Waals surface area contributed by atoms with E-state index in [1.165, 1.54) is 12.1 Å². The number of hydrogen-bond donors (Lipinski definition) is 2. The largest absolute Gasteiger partial charge is 0.394 e. The predicted octanol–water partition coefficient (Wildman–Crippen LogP) is 1.32. The molecule has 0 spiro atoms. The van der Waals surface area contributed by atoms with E-state index in [9.17, 15) is 10.1 Å². The lowest BCUT2D eigenvalue weighted by Crippen LogP contribution is -2.29. The lowest BCUT2D eigenvalue weighted by molar-refractivity contribution is -0.384. The molecule has 0 bridgehead atoms. The highest BCUT2D eigenvalue weighted by Gasteiger charge is 2.11. The van der Waals surface area contributed by atoms with Gasteiger partial charge in [-0.2, -0.15) is 0 Å². The van der Waals surface area contributed by atoms with Gasteiger partial charge in [0.2, 0.25) is 0 Å². The number of aliphatic hydroxyl groups excluding tert-OH is 1. The van der Waals surface area contributed by atoms with Gasteiger partial charge in [0, 0.05) is 24.9 Å². The van der Waals surface area contributed by atoms with Gasteiger partial charge in [-0.05, 0) is 18.6 Å². The third-order valence-corrected chi connectivity index (χ3v) is 2.37. The Morgan fingerprint density at radius 3 is 2.76 bits per heavy atom. The van der Waals surface area contributed by atoms with Crippen LogP contribution in [0.4, 0.5) is 11.4 Å². The van der Waals surface area contributed by atoms with Crippen molar-refractivity contribution in [3.8, 4) is 0 Å². The summed E-state index contributed by atoms with van der Waals surface area (Å²) in [6, 6.07) is 4.33. The molecule has 0 aliphatic rings. The van der Waals surface area contributed by atoms with Gasteiger partial charge in [-0.25, -0.2) is 0 Å². The summed E-state index contributed by atoms with van der Waals surface area (Å²) in [6.07, 6.45) is 0. The molecule has 6 heteroatoms. The van der Waals surface area contributed by atoms with E-state index in [1.807, 2.05) is 0 Å². The van der Waals surface area contributed by atoms with Crippen LogP contribution in [0.15, 0.2) is 18.2 Å². The van der Waals surface area contributed by atoms with E-state index in [0.29, 0.717) is 6.61 Å². The Bertz CT molecular complexity index is 395. The number of rotatable bonds is 6. The van der Waals surface area contributed by atoms with Gasteiger partial charge in [0.15, 0.2) is 0 Å². The zero-order valence-electron chi connectivity index (χ0n) is 9.84. The molecule has 1 unspecified atom stereocenters. The quantitative estimate of drug-likeness (QED) is 0.578. The number of nitrogens with one attached hydrogen (secondary N) is 1. The number of nitrogens with zero attached hydrogens (tertiary/aromatic N) is 1. The molecule has 1 aromatic rings. The van der Waals surface area contributed by atoms with Crippen molar-refractivity contribution < 1.29 is 14.8 Å². The van der Waals surface area contributed by atoms with Crippen LogP contribution in [0.2, 0.25) is 0 Å². The maximum Gasteiger partial charge on any atom is 0.269 e. The molecule has 94 valence electrons. The van der Waals surface area contributed by atoms with Crippen LogP contribution < -0.4 is 5.32 Å². The van der Waals surface area contributed by atoms with Gasteiger partial charge in [-0.3, -0.25) is 10.1 Å². The zero-order chi connectivity index (χ0) is 12.8. The third kappa shape index (κ3) is 3.69. The van der Waals surface area contributed by atoms with Gasteiger partial charge in [0.1, 0.15) is 0 Å². The lowest BCUT2D eigenvalue weighted by Gasteiger charge is -2.17. The first-order chi connectivity index (χ1) is 8.08. The number of ether oxygens (including phenoxy) is 1. The SMILES string of the molecule is COCC(CO)Nc1ccc([N+](=O)[O-])cc1C. The van der Waals surface area contributed by atoms with E-state index in [1.54, 1.807) is 20.1 Å². The minimum absolute atomic E-state index is 0.0559. The second-order valence-corrected chi connectivity index (χ2v) is 3.74. The molecule has 0 aliphatic carbocycles. The smallest absolute Gasteiger partial charge is 0.269 e. The maximum absolute atomic E-state index is 10.6. The van der Waals surface area contributed by atoms with Gasteiger partial charge < -0.3 is 15.2 Å². The molecule has 0 radical (unpaired) electrons. The van der Waals surface area contributed by atoms with E-state index in [4.69, 9.17) is 9.84 Å². The molecule has 0 amide bonds. The van der Waals surface area contributed by atoms with Crippen molar-refractivity contribution in [1.82, 2.24) is 0 Å². The highest BCUT2D eigenvalue weighted by Crippen LogP contribution is 2.21. The summed E-state index contributed by atoms with van der Waals surface area (Å²) >= 11 is 0. The minimum atomic E-state index is -0.435. The Kier molecular flexibility index (Phi) is 4.86. The third-order valence-electron chi connectivity index (χ3n) is 2.37. The topological polar surface area (TPSA) is 84.6 Å². The molecule has 6 nitrogen and oxygen atoms in total. The summed E-state index contributed by atoms with van der Waals surface area (Å²) in [5.41, 5.74) is 1.57. The van der Waals surface area contributed by atoms with Gasteiger partial charge >= 0.3 is 0 Å². The molecule has 17 heavy (non-hydrogen) atoms. The molecule has 0 saturated carbocycles. The van der Waals surface area contributed by atoms with Crippen LogP contribution in [-0.2, 0) is 4.74 Å². The first kappa shape index (κ1) is 13.4. The first-order valence-corrected chi connectivity index (χ1v) is 5.20. The fourth-order valence-corrected chi connectivity index (χ4v) is 1.48. The number of hydrogen-bond acceptors (Lipinski definition) is 5. The predicted molar refractivity (Wildman–Crippen MR) is 64.2 cm³/mol. The fraction of sp³-hybridized carbons (Fsp3) is 0.455. The molecular weight excluding hydrogens is 224 g/mol. The highest BCUT2D eigenvalue weighted by atomic mass is 16.6. The number of aryl methyl sites for hydroxylation is 1. The van der Waals surface area contributed by atoms with Crippen molar-refractivity contribution in [3.05, 3.63) is 33.9 Å². The van der Waals surface area contributed by atoms with Crippen LogP contribution in [0.3, 0.4) is 0 Å². The summed E-state index contributed by atoms with van der Waals surface area (Å²) in [5, 5.41) is 22.7. The van der Waals surface area contributed by atoms with Gasteiger partial charge in [-0.1, -0.05) is 0 Å². The number of benzene rings is 1. The standard InChI is InChI=1S/C11H16N2O4/c1-8-5-10(13(15)16)3-4-11(8)12-9(6-14)7-17-2/h3-5,9,12,14H,6-7H2,1-2H3. The van der Waals surface area contributed by atoms with E-state index in [2.05, 4.69) is 5.32 Å².